The maximum absolute atomic E-state index is 4.84. The van der Waals surface area contributed by atoms with Crippen molar-refractivity contribution in [2.45, 2.75) is 51.5 Å². The second-order valence-electron chi connectivity index (χ2n) is 6.74. The van der Waals surface area contributed by atoms with Gasteiger partial charge < -0.3 is 5.32 Å². The van der Waals surface area contributed by atoms with Gasteiger partial charge in [-0.05, 0) is 43.9 Å². The summed E-state index contributed by atoms with van der Waals surface area (Å²) < 4.78 is 0. The van der Waals surface area contributed by atoms with Crippen molar-refractivity contribution in [3.63, 3.8) is 0 Å². The van der Waals surface area contributed by atoms with Crippen molar-refractivity contribution in [3.05, 3.63) is 34.5 Å². The molecule has 0 saturated heterocycles. The fourth-order valence-corrected chi connectivity index (χ4v) is 3.83. The first-order valence-corrected chi connectivity index (χ1v) is 8.44. The molecule has 1 aliphatic carbocycles. The van der Waals surface area contributed by atoms with Gasteiger partial charge in [0.25, 0.3) is 0 Å². The van der Waals surface area contributed by atoms with Crippen LogP contribution in [-0.2, 0) is 11.8 Å². The van der Waals surface area contributed by atoms with Crippen LogP contribution in [0.5, 0.6) is 0 Å². The molecule has 1 unspecified atom stereocenters. The lowest BCUT2D eigenvalue weighted by Gasteiger charge is -2.24. The number of nitrogens with one attached hydrogen (secondary N) is 1. The minimum atomic E-state index is 0.189. The van der Waals surface area contributed by atoms with Crippen molar-refractivity contribution < 1.29 is 0 Å². The molecule has 1 aliphatic rings. The summed E-state index contributed by atoms with van der Waals surface area (Å²) in [6, 6.07) is 4.78. The summed E-state index contributed by atoms with van der Waals surface area (Å²) in [4.78, 5) is 12.0. The van der Waals surface area contributed by atoms with Gasteiger partial charge in [-0.3, -0.25) is 0 Å². The molecule has 3 nitrogen and oxygen atoms in total. The summed E-state index contributed by atoms with van der Waals surface area (Å²) in [6.07, 6.45) is 5.47. The molecule has 0 amide bonds. The van der Waals surface area contributed by atoms with Gasteiger partial charge in [-0.15, -0.1) is 11.3 Å². The number of hydrogen-bond acceptors (Lipinski definition) is 4. The summed E-state index contributed by atoms with van der Waals surface area (Å²) in [5, 5.41) is 3.37. The van der Waals surface area contributed by atoms with Gasteiger partial charge in [0.2, 0.25) is 0 Å². The highest BCUT2D eigenvalue weighted by atomic mass is 32.1. The lowest BCUT2D eigenvalue weighted by Crippen LogP contribution is -2.22. The Morgan fingerprint density at radius 3 is 2.76 bits per heavy atom. The van der Waals surface area contributed by atoms with Crippen molar-refractivity contribution in [1.82, 2.24) is 15.3 Å². The molecule has 3 rings (SSSR count). The van der Waals surface area contributed by atoms with Crippen LogP contribution in [0.2, 0.25) is 0 Å². The lowest BCUT2D eigenvalue weighted by molar-refractivity contribution is 0.488. The molecule has 0 aliphatic heterocycles. The first-order chi connectivity index (χ1) is 9.99. The Morgan fingerprint density at radius 2 is 2.10 bits per heavy atom. The molecule has 2 aromatic heterocycles. The summed E-state index contributed by atoms with van der Waals surface area (Å²) >= 11 is 1.81. The van der Waals surface area contributed by atoms with Gasteiger partial charge >= 0.3 is 0 Å². The highest BCUT2D eigenvalue weighted by molar-refractivity contribution is 7.15. The minimum Gasteiger partial charge on any atom is -0.313 e. The third kappa shape index (κ3) is 2.87. The van der Waals surface area contributed by atoms with E-state index in [2.05, 4.69) is 43.2 Å². The fourth-order valence-electron chi connectivity index (χ4n) is 2.83. The second kappa shape index (κ2) is 5.50. The quantitative estimate of drug-likeness (QED) is 0.907. The first kappa shape index (κ1) is 14.7. The SMILES string of the molecule is CNC1CCCc2nc(-c3ccc(C(C)(C)C)s3)ncc21. The van der Waals surface area contributed by atoms with Crippen molar-refractivity contribution in [2.75, 3.05) is 7.05 Å². The molecule has 21 heavy (non-hydrogen) atoms. The number of aryl methyl sites for hydroxylation is 1. The van der Waals surface area contributed by atoms with E-state index in [0.29, 0.717) is 6.04 Å². The molecule has 112 valence electrons. The smallest absolute Gasteiger partial charge is 0.169 e. The number of fused-ring (bicyclic) bond motifs is 1. The Morgan fingerprint density at radius 1 is 1.29 bits per heavy atom. The van der Waals surface area contributed by atoms with Crippen LogP contribution in [-0.4, -0.2) is 17.0 Å². The summed E-state index contributed by atoms with van der Waals surface area (Å²) in [5.41, 5.74) is 2.69. The van der Waals surface area contributed by atoms with E-state index in [1.54, 1.807) is 0 Å². The van der Waals surface area contributed by atoms with Crippen molar-refractivity contribution >= 4 is 11.3 Å². The van der Waals surface area contributed by atoms with Crippen molar-refractivity contribution in [2.24, 2.45) is 0 Å². The van der Waals surface area contributed by atoms with Crippen molar-refractivity contribution in [3.8, 4) is 10.7 Å². The standard InChI is InChI=1S/C17H23N3S/c1-17(2,3)15-9-8-14(21-15)16-19-10-11-12(18-4)6-5-7-13(11)20-16/h8-10,12,18H,5-7H2,1-4H3. The second-order valence-corrected chi connectivity index (χ2v) is 7.83. The molecule has 2 heterocycles. The number of rotatable bonds is 2. The fraction of sp³-hybridized carbons (Fsp3) is 0.529. The van der Waals surface area contributed by atoms with Gasteiger partial charge in [-0.1, -0.05) is 20.8 Å². The molecule has 0 radical (unpaired) electrons. The number of hydrogen-bond donors (Lipinski definition) is 1. The van der Waals surface area contributed by atoms with Crippen LogP contribution in [0.15, 0.2) is 18.3 Å². The molecule has 1 atom stereocenters. The predicted octanol–water partition coefficient (Wildman–Crippen LogP) is 4.10. The third-order valence-electron chi connectivity index (χ3n) is 4.10. The van der Waals surface area contributed by atoms with E-state index in [9.17, 15) is 0 Å². The van der Waals surface area contributed by atoms with Crippen LogP contribution in [0, 0.1) is 0 Å². The topological polar surface area (TPSA) is 37.8 Å². The largest absolute Gasteiger partial charge is 0.313 e. The van der Waals surface area contributed by atoms with Gasteiger partial charge in [0.15, 0.2) is 5.82 Å². The maximum Gasteiger partial charge on any atom is 0.169 e. The van der Waals surface area contributed by atoms with Gasteiger partial charge in [0, 0.05) is 28.4 Å². The van der Waals surface area contributed by atoms with Gasteiger partial charge in [0.05, 0.1) is 4.88 Å². The first-order valence-electron chi connectivity index (χ1n) is 7.63. The molecule has 0 fully saturated rings. The normalized spacial score (nSPS) is 18.6. The predicted molar refractivity (Wildman–Crippen MR) is 88.8 cm³/mol. The molecule has 4 heteroatoms. The van der Waals surface area contributed by atoms with Gasteiger partial charge in [-0.25, -0.2) is 9.97 Å². The zero-order valence-electron chi connectivity index (χ0n) is 13.2. The number of aromatic nitrogens is 2. The average Bonchev–Trinajstić information content (AvgIpc) is 2.96. The Labute approximate surface area is 130 Å². The molecule has 0 saturated carbocycles. The number of nitrogens with zero attached hydrogens (tertiary/aromatic N) is 2. The Bertz CT molecular complexity index is 640. The Kier molecular flexibility index (Phi) is 3.84. The van der Waals surface area contributed by atoms with Gasteiger partial charge in [0.1, 0.15) is 0 Å². The molecule has 1 N–H and O–H groups in total. The zero-order chi connectivity index (χ0) is 15.0. The van der Waals surface area contributed by atoms with E-state index >= 15 is 0 Å². The molecule has 0 spiro atoms. The molecule has 2 aromatic rings. The van der Waals surface area contributed by atoms with Gasteiger partial charge in [-0.2, -0.15) is 0 Å². The van der Waals surface area contributed by atoms with E-state index in [1.165, 1.54) is 33.9 Å². The van der Waals surface area contributed by atoms with Crippen LogP contribution in [0.25, 0.3) is 10.7 Å². The highest BCUT2D eigenvalue weighted by Gasteiger charge is 2.22. The minimum absolute atomic E-state index is 0.189. The number of thiophene rings is 1. The maximum atomic E-state index is 4.84. The Balaban J connectivity index is 1.95. The molecular weight excluding hydrogens is 278 g/mol. The average molecular weight is 301 g/mol. The highest BCUT2D eigenvalue weighted by Crippen LogP contribution is 2.35. The Hall–Kier alpha value is -1.26. The summed E-state index contributed by atoms with van der Waals surface area (Å²) in [5.74, 6) is 0.881. The third-order valence-corrected chi connectivity index (χ3v) is 5.60. The summed E-state index contributed by atoms with van der Waals surface area (Å²) in [6.45, 7) is 6.73. The van der Waals surface area contributed by atoms with Crippen LogP contribution in [0.3, 0.4) is 0 Å². The van der Waals surface area contributed by atoms with E-state index < -0.39 is 0 Å². The van der Waals surface area contributed by atoms with Crippen LogP contribution < -0.4 is 5.32 Å². The lowest BCUT2D eigenvalue weighted by atomic mass is 9.92. The van der Waals surface area contributed by atoms with Crippen LogP contribution in [0.4, 0.5) is 0 Å². The summed E-state index contributed by atoms with van der Waals surface area (Å²) in [7, 11) is 2.02. The van der Waals surface area contributed by atoms with Crippen molar-refractivity contribution in [1.29, 1.82) is 0 Å². The molecule has 0 aromatic carbocycles. The van der Waals surface area contributed by atoms with E-state index in [1.807, 2.05) is 24.6 Å². The zero-order valence-corrected chi connectivity index (χ0v) is 14.0. The molecule has 0 bridgehead atoms. The van der Waals surface area contributed by atoms with E-state index in [-0.39, 0.29) is 5.41 Å². The molecular formula is C17H23N3S. The van der Waals surface area contributed by atoms with E-state index in [0.717, 1.165) is 12.2 Å². The van der Waals surface area contributed by atoms with E-state index in [4.69, 9.17) is 4.98 Å². The van der Waals surface area contributed by atoms with Crippen LogP contribution >= 0.6 is 11.3 Å². The van der Waals surface area contributed by atoms with Crippen LogP contribution in [0.1, 0.15) is 55.8 Å². The monoisotopic (exact) mass is 301 g/mol.